The van der Waals surface area contributed by atoms with Gasteiger partial charge in [0.1, 0.15) is 6.04 Å². The van der Waals surface area contributed by atoms with Gasteiger partial charge in [-0.3, -0.25) is 14.5 Å². The first-order chi connectivity index (χ1) is 13.0. The summed E-state index contributed by atoms with van der Waals surface area (Å²) in [6.45, 7) is 12.3. The first-order valence-electron chi connectivity index (χ1n) is 9.39. The minimum Gasteiger partial charge on any atom is -0.401 e. The molecule has 0 bridgehead atoms. The molecule has 2 atom stereocenters. The van der Waals surface area contributed by atoms with Crippen molar-refractivity contribution in [1.82, 2.24) is 14.9 Å². The van der Waals surface area contributed by atoms with Crippen molar-refractivity contribution in [2.24, 2.45) is 0 Å². The Morgan fingerprint density at radius 3 is 2.21 bits per heavy atom. The molecule has 0 spiro atoms. The van der Waals surface area contributed by atoms with Crippen molar-refractivity contribution in [2.45, 2.75) is 57.5 Å². The fraction of sp³-hybridized carbons (Fsp3) is 0.429. The number of hydrogen-bond acceptors (Lipinski definition) is 5. The van der Waals surface area contributed by atoms with Crippen LogP contribution in [0.25, 0.3) is 0 Å². The lowest BCUT2D eigenvalue weighted by molar-refractivity contribution is -0.178. The van der Waals surface area contributed by atoms with Crippen molar-refractivity contribution >= 4 is 20.1 Å². The topological polar surface area (TPSA) is 72.4 Å². The average molecular weight is 398 g/mol. The molecule has 1 aromatic carbocycles. The number of rotatable bonds is 4. The van der Waals surface area contributed by atoms with Crippen LogP contribution in [0.4, 0.5) is 0 Å². The van der Waals surface area contributed by atoms with E-state index in [0.29, 0.717) is 11.4 Å². The summed E-state index contributed by atoms with van der Waals surface area (Å²) in [6.07, 6.45) is 3.23. The molecular weight excluding hydrogens is 370 g/mol. The molecule has 1 aliphatic heterocycles. The van der Waals surface area contributed by atoms with Gasteiger partial charge < -0.3 is 4.43 Å². The summed E-state index contributed by atoms with van der Waals surface area (Å²) in [5.41, 5.74) is -0.722. The third-order valence-corrected chi connectivity index (χ3v) is 10.3. The number of hydrogen-bond donors (Lipinski definition) is 0. The molecule has 1 aromatic heterocycles. The average Bonchev–Trinajstić information content (AvgIpc) is 2.65. The van der Waals surface area contributed by atoms with E-state index in [0.717, 1.165) is 0 Å². The van der Waals surface area contributed by atoms with E-state index in [1.54, 1.807) is 49.6 Å². The van der Waals surface area contributed by atoms with E-state index in [9.17, 15) is 9.59 Å². The number of carbonyl (C=O) groups excluding carboxylic acids is 2. The predicted molar refractivity (Wildman–Crippen MR) is 109 cm³/mol. The van der Waals surface area contributed by atoms with Crippen LogP contribution in [0.5, 0.6) is 0 Å². The van der Waals surface area contributed by atoms with E-state index in [-0.39, 0.29) is 16.9 Å². The Bertz CT molecular complexity index is 881. The van der Waals surface area contributed by atoms with Gasteiger partial charge in [0.25, 0.3) is 11.8 Å². The summed E-state index contributed by atoms with van der Waals surface area (Å²) in [4.78, 5) is 36.2. The molecule has 2 aromatic rings. The zero-order chi connectivity index (χ0) is 20.7. The van der Waals surface area contributed by atoms with Crippen molar-refractivity contribution in [3.8, 4) is 0 Å². The summed E-state index contributed by atoms with van der Waals surface area (Å²) in [5, 5.41) is -0.0811. The molecule has 0 unspecified atom stereocenters. The normalized spacial score (nSPS) is 22.7. The second-order valence-electron chi connectivity index (χ2n) is 8.83. The van der Waals surface area contributed by atoms with Crippen LogP contribution in [0.15, 0.2) is 48.8 Å². The predicted octanol–water partition coefficient (Wildman–Crippen LogP) is 3.98. The monoisotopic (exact) mass is 397 g/mol. The zero-order valence-electron chi connectivity index (χ0n) is 17.3. The van der Waals surface area contributed by atoms with Crippen LogP contribution in [0.2, 0.25) is 18.1 Å². The molecule has 148 valence electrons. The van der Waals surface area contributed by atoms with Crippen LogP contribution in [-0.2, 0) is 9.22 Å². The largest absolute Gasteiger partial charge is 0.401 e. The first kappa shape index (κ1) is 20.4. The van der Waals surface area contributed by atoms with Gasteiger partial charge in [-0.05, 0) is 43.3 Å². The van der Waals surface area contributed by atoms with Crippen molar-refractivity contribution in [2.75, 3.05) is 0 Å². The number of amides is 2. The van der Waals surface area contributed by atoms with Crippen LogP contribution in [-0.4, -0.2) is 40.6 Å². The van der Waals surface area contributed by atoms with Crippen LogP contribution < -0.4 is 0 Å². The number of β-lactam (4-membered cyclic amide) rings is 1. The molecule has 1 aliphatic rings. The minimum atomic E-state index is -2.28. The van der Waals surface area contributed by atoms with E-state index in [1.807, 2.05) is 6.07 Å². The Hall–Kier alpha value is -2.38. The van der Waals surface area contributed by atoms with Gasteiger partial charge in [-0.25, -0.2) is 9.97 Å². The minimum absolute atomic E-state index is 0.0811. The Balaban J connectivity index is 2.02. The van der Waals surface area contributed by atoms with Gasteiger partial charge in [-0.1, -0.05) is 39.0 Å². The summed E-state index contributed by atoms with van der Waals surface area (Å²) in [6, 6.07) is 9.82. The SMILES string of the molecule is CC(C)(C)[Si](C)(C)O[C@@]1(C)C(=O)N(C(=O)c2ccccc2)[C@H]1c1ncccn1. The Morgan fingerprint density at radius 2 is 1.68 bits per heavy atom. The number of aromatic nitrogens is 2. The van der Waals surface area contributed by atoms with Gasteiger partial charge in [0.15, 0.2) is 19.7 Å². The molecule has 1 fully saturated rings. The molecule has 7 heteroatoms. The summed E-state index contributed by atoms with van der Waals surface area (Å²) in [7, 11) is -2.28. The molecule has 28 heavy (non-hydrogen) atoms. The number of nitrogens with zero attached hydrogens (tertiary/aromatic N) is 3. The zero-order valence-corrected chi connectivity index (χ0v) is 18.3. The fourth-order valence-corrected chi connectivity index (χ4v) is 4.74. The van der Waals surface area contributed by atoms with Gasteiger partial charge in [0.05, 0.1) is 0 Å². The highest BCUT2D eigenvalue weighted by molar-refractivity contribution is 6.74. The molecule has 6 nitrogen and oxygen atoms in total. The third kappa shape index (κ3) is 3.29. The van der Waals surface area contributed by atoms with E-state index in [1.165, 1.54) is 4.90 Å². The van der Waals surface area contributed by atoms with Crippen LogP contribution >= 0.6 is 0 Å². The Kier molecular flexibility index (Phi) is 5.01. The quantitative estimate of drug-likeness (QED) is 0.443. The highest BCUT2D eigenvalue weighted by Gasteiger charge is 2.65. The Morgan fingerprint density at radius 1 is 1.11 bits per heavy atom. The molecule has 0 radical (unpaired) electrons. The summed E-state index contributed by atoms with van der Waals surface area (Å²) in [5.74, 6) is -0.296. The highest BCUT2D eigenvalue weighted by Crippen LogP contribution is 2.50. The first-order valence-corrected chi connectivity index (χ1v) is 12.3. The number of imide groups is 1. The molecule has 1 saturated heterocycles. The van der Waals surface area contributed by atoms with Crippen LogP contribution in [0.1, 0.15) is 49.9 Å². The molecular formula is C21H27N3O3Si. The van der Waals surface area contributed by atoms with Crippen molar-refractivity contribution in [3.05, 3.63) is 60.2 Å². The Labute approximate surface area is 167 Å². The molecule has 0 N–H and O–H groups in total. The van der Waals surface area contributed by atoms with Gasteiger partial charge in [-0.15, -0.1) is 0 Å². The third-order valence-electron chi connectivity index (χ3n) is 5.77. The summed E-state index contributed by atoms with van der Waals surface area (Å²) < 4.78 is 6.54. The lowest BCUT2D eigenvalue weighted by Crippen LogP contribution is -2.72. The molecule has 3 rings (SSSR count). The van der Waals surface area contributed by atoms with E-state index < -0.39 is 20.0 Å². The van der Waals surface area contributed by atoms with Crippen molar-refractivity contribution < 1.29 is 14.0 Å². The molecule has 0 aliphatic carbocycles. The maximum atomic E-state index is 13.2. The number of likely N-dealkylation sites (tertiary alicyclic amines) is 1. The molecule has 2 amide bonds. The maximum Gasteiger partial charge on any atom is 0.263 e. The van der Waals surface area contributed by atoms with Crippen molar-refractivity contribution in [3.63, 3.8) is 0 Å². The number of benzene rings is 1. The van der Waals surface area contributed by atoms with E-state index in [2.05, 4.69) is 43.8 Å². The van der Waals surface area contributed by atoms with E-state index in [4.69, 9.17) is 4.43 Å². The molecule has 0 saturated carbocycles. The molecule has 2 heterocycles. The lowest BCUT2D eigenvalue weighted by atomic mass is 9.82. The lowest BCUT2D eigenvalue weighted by Gasteiger charge is -2.55. The van der Waals surface area contributed by atoms with E-state index >= 15 is 0 Å². The second-order valence-corrected chi connectivity index (χ2v) is 13.6. The number of carbonyl (C=O) groups is 2. The van der Waals surface area contributed by atoms with Gasteiger partial charge in [-0.2, -0.15) is 0 Å². The maximum absolute atomic E-state index is 13.2. The highest BCUT2D eigenvalue weighted by atomic mass is 28.4. The van der Waals surface area contributed by atoms with Crippen molar-refractivity contribution in [1.29, 1.82) is 0 Å². The standard InChI is InChI=1S/C21H27N3O3Si/c1-20(2,3)28(5,6)27-21(4)16(17-22-13-10-14-23-17)24(19(21)26)18(25)15-11-8-7-9-12-15/h7-14,16H,1-6H3/t16-,21+/m0/s1. The van der Waals surface area contributed by atoms with Gasteiger partial charge in [0.2, 0.25) is 0 Å². The fourth-order valence-electron chi connectivity index (χ4n) is 3.18. The second kappa shape index (κ2) is 6.90. The van der Waals surface area contributed by atoms with Crippen LogP contribution in [0.3, 0.4) is 0 Å². The van der Waals surface area contributed by atoms with Gasteiger partial charge >= 0.3 is 0 Å². The van der Waals surface area contributed by atoms with Crippen LogP contribution in [0, 0.1) is 0 Å². The smallest absolute Gasteiger partial charge is 0.263 e. The van der Waals surface area contributed by atoms with Gasteiger partial charge in [0, 0.05) is 18.0 Å². The summed E-state index contributed by atoms with van der Waals surface area (Å²) >= 11 is 0.